The van der Waals surface area contributed by atoms with E-state index >= 15 is 0 Å². The molecule has 1 amide bonds. The Hall–Kier alpha value is -1.30. The Labute approximate surface area is 126 Å². The van der Waals surface area contributed by atoms with Gasteiger partial charge in [0.05, 0.1) is 30.2 Å². The van der Waals surface area contributed by atoms with Gasteiger partial charge in [0.2, 0.25) is 5.91 Å². The highest BCUT2D eigenvalue weighted by Crippen LogP contribution is 2.36. The minimum absolute atomic E-state index is 0.175. The second kappa shape index (κ2) is 7.11. The summed E-state index contributed by atoms with van der Waals surface area (Å²) in [6.45, 7) is 2.52. The van der Waals surface area contributed by atoms with Crippen LogP contribution in [0.25, 0.3) is 0 Å². The molecule has 0 N–H and O–H groups in total. The maximum absolute atomic E-state index is 12.2. The standard InChI is InChI=1S/C15H23NO4S/c1-2-3-10-20-11-12-21(18,19)16-14-9-7-5-4-6-8-13(14)15(16)17/h7,9,11-14H,2-6,8,10H2,1H3/b9-7-,12-11+. The summed E-state index contributed by atoms with van der Waals surface area (Å²) in [6.07, 6.45) is 10.6. The average Bonchev–Trinajstić information content (AvgIpc) is 2.41. The van der Waals surface area contributed by atoms with E-state index in [0.717, 1.165) is 48.2 Å². The number of amides is 1. The molecule has 0 spiro atoms. The molecule has 2 aliphatic rings. The van der Waals surface area contributed by atoms with E-state index in [9.17, 15) is 13.2 Å². The molecule has 2 rings (SSSR count). The Bertz CT molecular complexity index is 524. The zero-order valence-corrected chi connectivity index (χ0v) is 13.2. The number of hydrogen-bond donors (Lipinski definition) is 0. The summed E-state index contributed by atoms with van der Waals surface area (Å²) in [5, 5.41) is 0.989. The Morgan fingerprint density at radius 3 is 3.00 bits per heavy atom. The summed E-state index contributed by atoms with van der Waals surface area (Å²) in [5.41, 5.74) is 0. The van der Waals surface area contributed by atoms with Crippen LogP contribution in [-0.2, 0) is 19.6 Å². The number of carbonyl (C=O) groups excluding carboxylic acids is 1. The van der Waals surface area contributed by atoms with Gasteiger partial charge in [-0.15, -0.1) is 0 Å². The lowest BCUT2D eigenvalue weighted by molar-refractivity contribution is -0.144. The first-order chi connectivity index (χ1) is 10.1. The number of allylic oxidation sites excluding steroid dienone is 1. The lowest BCUT2D eigenvalue weighted by atomic mass is 9.84. The Morgan fingerprint density at radius 1 is 1.43 bits per heavy atom. The number of sulfonamides is 1. The van der Waals surface area contributed by atoms with Gasteiger partial charge < -0.3 is 4.74 Å². The number of rotatable bonds is 6. The predicted molar refractivity (Wildman–Crippen MR) is 80.7 cm³/mol. The van der Waals surface area contributed by atoms with E-state index in [-0.39, 0.29) is 17.9 Å². The summed E-state index contributed by atoms with van der Waals surface area (Å²) in [6, 6.07) is -0.317. The highest BCUT2D eigenvalue weighted by atomic mass is 32.2. The summed E-state index contributed by atoms with van der Waals surface area (Å²) >= 11 is 0. The molecule has 1 saturated heterocycles. The van der Waals surface area contributed by atoms with Crippen LogP contribution in [0.3, 0.4) is 0 Å². The van der Waals surface area contributed by atoms with Crippen molar-refractivity contribution in [2.45, 2.75) is 51.5 Å². The topological polar surface area (TPSA) is 63.7 Å². The third kappa shape index (κ3) is 3.67. The van der Waals surface area contributed by atoms with Crippen molar-refractivity contribution in [3.8, 4) is 0 Å². The summed E-state index contributed by atoms with van der Waals surface area (Å²) < 4.78 is 30.5. The van der Waals surface area contributed by atoms with Crippen LogP contribution < -0.4 is 0 Å². The number of hydrogen-bond acceptors (Lipinski definition) is 4. The van der Waals surface area contributed by atoms with E-state index in [4.69, 9.17) is 4.74 Å². The fourth-order valence-corrected chi connectivity index (χ4v) is 3.97. The number of carbonyl (C=O) groups is 1. The normalized spacial score (nSPS) is 27.7. The van der Waals surface area contributed by atoms with Crippen LogP contribution in [-0.4, -0.2) is 31.3 Å². The van der Waals surface area contributed by atoms with Crippen LogP contribution in [0.5, 0.6) is 0 Å². The summed E-state index contributed by atoms with van der Waals surface area (Å²) in [7, 11) is -3.73. The molecule has 2 unspecified atom stereocenters. The minimum atomic E-state index is -3.73. The Kier molecular flexibility index (Phi) is 5.45. The molecule has 1 aliphatic heterocycles. The van der Waals surface area contributed by atoms with E-state index in [2.05, 4.69) is 0 Å². The van der Waals surface area contributed by atoms with Crippen LogP contribution >= 0.6 is 0 Å². The van der Waals surface area contributed by atoms with Crippen molar-refractivity contribution in [3.05, 3.63) is 23.8 Å². The molecule has 21 heavy (non-hydrogen) atoms. The molecule has 0 radical (unpaired) electrons. The fraction of sp³-hybridized carbons (Fsp3) is 0.667. The Balaban J connectivity index is 2.02. The summed E-state index contributed by atoms with van der Waals surface area (Å²) in [4.78, 5) is 12.1. The molecule has 0 bridgehead atoms. The van der Waals surface area contributed by atoms with Crippen molar-refractivity contribution < 1.29 is 17.9 Å². The van der Waals surface area contributed by atoms with Gasteiger partial charge in [0, 0.05) is 0 Å². The van der Waals surface area contributed by atoms with E-state index in [1.807, 2.05) is 19.1 Å². The number of fused-ring (bicyclic) bond motifs is 1. The van der Waals surface area contributed by atoms with Crippen molar-refractivity contribution in [2.24, 2.45) is 5.92 Å². The second-order valence-electron chi connectivity index (χ2n) is 5.49. The SMILES string of the molecule is CCCCO/C=C/S(=O)(=O)N1C(=O)C2CCCC/C=C\C21. The van der Waals surface area contributed by atoms with Gasteiger partial charge in [0.1, 0.15) is 0 Å². The van der Waals surface area contributed by atoms with Crippen LogP contribution in [0.2, 0.25) is 0 Å². The first-order valence-electron chi connectivity index (χ1n) is 7.61. The molecule has 0 aromatic rings. The van der Waals surface area contributed by atoms with Crippen LogP contribution in [0.15, 0.2) is 23.8 Å². The van der Waals surface area contributed by atoms with Gasteiger partial charge in [-0.05, 0) is 25.7 Å². The lowest BCUT2D eigenvalue weighted by Crippen LogP contribution is -2.61. The quantitative estimate of drug-likeness (QED) is 0.327. The molecule has 6 heteroatoms. The van der Waals surface area contributed by atoms with E-state index in [0.29, 0.717) is 6.61 Å². The predicted octanol–water partition coefficient (Wildman–Crippen LogP) is 2.56. The molecule has 1 aliphatic carbocycles. The first kappa shape index (κ1) is 16.1. The van der Waals surface area contributed by atoms with Crippen LogP contribution in [0.1, 0.15) is 45.4 Å². The molecular formula is C15H23NO4S. The third-order valence-electron chi connectivity index (χ3n) is 3.90. The monoisotopic (exact) mass is 313 g/mol. The first-order valence-corrected chi connectivity index (χ1v) is 9.11. The van der Waals surface area contributed by atoms with Crippen molar-refractivity contribution in [1.29, 1.82) is 0 Å². The number of β-lactam (4-membered cyclic amide) rings is 1. The van der Waals surface area contributed by atoms with E-state index in [1.165, 1.54) is 6.26 Å². The zero-order valence-electron chi connectivity index (χ0n) is 12.4. The molecule has 0 saturated carbocycles. The van der Waals surface area contributed by atoms with Gasteiger partial charge in [-0.1, -0.05) is 31.9 Å². The molecule has 0 aromatic heterocycles. The lowest BCUT2D eigenvalue weighted by Gasteiger charge is -2.44. The number of ether oxygens (including phenoxy) is 1. The van der Waals surface area contributed by atoms with Gasteiger partial charge in [0.25, 0.3) is 10.0 Å². The summed E-state index contributed by atoms with van der Waals surface area (Å²) in [5.74, 6) is -0.463. The van der Waals surface area contributed by atoms with Gasteiger partial charge in [-0.25, -0.2) is 12.7 Å². The molecule has 2 atom stereocenters. The highest BCUT2D eigenvalue weighted by molar-refractivity contribution is 7.92. The number of nitrogens with zero attached hydrogens (tertiary/aromatic N) is 1. The van der Waals surface area contributed by atoms with Gasteiger partial charge in [-0.3, -0.25) is 4.79 Å². The third-order valence-corrected chi connectivity index (χ3v) is 5.33. The molecule has 1 heterocycles. The second-order valence-corrected chi connectivity index (χ2v) is 7.18. The Morgan fingerprint density at radius 2 is 2.24 bits per heavy atom. The van der Waals surface area contributed by atoms with Crippen molar-refractivity contribution in [1.82, 2.24) is 4.31 Å². The number of unbranched alkanes of at least 4 members (excludes halogenated alkanes) is 1. The van der Waals surface area contributed by atoms with Crippen LogP contribution in [0, 0.1) is 5.92 Å². The minimum Gasteiger partial charge on any atom is -0.500 e. The maximum Gasteiger partial charge on any atom is 0.263 e. The molecular weight excluding hydrogens is 290 g/mol. The van der Waals surface area contributed by atoms with Crippen molar-refractivity contribution >= 4 is 15.9 Å². The molecule has 118 valence electrons. The smallest absolute Gasteiger partial charge is 0.263 e. The fourth-order valence-electron chi connectivity index (χ4n) is 2.67. The van der Waals surface area contributed by atoms with E-state index in [1.54, 1.807) is 0 Å². The van der Waals surface area contributed by atoms with E-state index < -0.39 is 10.0 Å². The van der Waals surface area contributed by atoms with Crippen LogP contribution in [0.4, 0.5) is 0 Å². The van der Waals surface area contributed by atoms with Gasteiger partial charge in [-0.2, -0.15) is 0 Å². The molecule has 1 fully saturated rings. The van der Waals surface area contributed by atoms with Crippen molar-refractivity contribution in [3.63, 3.8) is 0 Å². The molecule has 0 aromatic carbocycles. The van der Waals surface area contributed by atoms with Crippen molar-refractivity contribution in [2.75, 3.05) is 6.61 Å². The van der Waals surface area contributed by atoms with Gasteiger partial charge in [0.15, 0.2) is 0 Å². The van der Waals surface area contributed by atoms with Gasteiger partial charge >= 0.3 is 0 Å². The highest BCUT2D eigenvalue weighted by Gasteiger charge is 2.50. The molecule has 5 nitrogen and oxygen atoms in total. The zero-order chi connectivity index (χ0) is 15.3. The maximum atomic E-state index is 12.2. The largest absolute Gasteiger partial charge is 0.500 e. The average molecular weight is 313 g/mol.